The molecule has 0 atom stereocenters. The van der Waals surface area contributed by atoms with Gasteiger partial charge in [0.2, 0.25) is 0 Å². The van der Waals surface area contributed by atoms with Crippen LogP contribution in [0.5, 0.6) is 28.7 Å². The average Bonchev–Trinajstić information content (AvgIpc) is 2.50. The number of hydrogen-bond donors (Lipinski definition) is 5. The van der Waals surface area contributed by atoms with E-state index in [1.54, 1.807) is 20.8 Å². The maximum atomic E-state index is 10.4. The first kappa shape index (κ1) is 16.3. The first-order valence-corrected chi connectivity index (χ1v) is 7.35. The van der Waals surface area contributed by atoms with E-state index < -0.39 is 11.5 Å². The summed E-state index contributed by atoms with van der Waals surface area (Å²) in [6.45, 7) is 6.35. The fourth-order valence-electron chi connectivity index (χ4n) is 2.46. The van der Waals surface area contributed by atoms with E-state index >= 15 is 0 Å². The fourth-order valence-corrected chi connectivity index (χ4v) is 2.85. The number of halogens is 1. The number of rotatable bonds is 1. The van der Waals surface area contributed by atoms with Crippen LogP contribution in [0.15, 0.2) is 4.47 Å². The number of benzene rings is 2. The first-order chi connectivity index (χ1) is 10.1. The third-order valence-electron chi connectivity index (χ3n) is 4.08. The first-order valence-electron chi connectivity index (χ1n) is 6.56. The van der Waals surface area contributed by atoms with E-state index in [9.17, 15) is 25.5 Å². The predicted octanol–water partition coefficient (Wildman–Crippen LogP) is 3.88. The largest absolute Gasteiger partial charge is 0.507 e. The summed E-state index contributed by atoms with van der Waals surface area (Å²) in [6.07, 6.45) is 0. The van der Waals surface area contributed by atoms with Crippen molar-refractivity contribution in [2.45, 2.75) is 27.7 Å². The summed E-state index contributed by atoms with van der Waals surface area (Å²) in [7, 11) is 0. The monoisotopic (exact) mass is 368 g/mol. The Hall–Kier alpha value is -2.08. The molecule has 2 aromatic rings. The molecule has 5 nitrogen and oxygen atoms in total. The van der Waals surface area contributed by atoms with Gasteiger partial charge in [0.25, 0.3) is 0 Å². The second kappa shape index (κ2) is 5.28. The van der Waals surface area contributed by atoms with Gasteiger partial charge < -0.3 is 25.5 Å². The molecule has 22 heavy (non-hydrogen) atoms. The zero-order valence-corrected chi connectivity index (χ0v) is 14.2. The van der Waals surface area contributed by atoms with Crippen LogP contribution in [0.25, 0.3) is 11.1 Å². The van der Waals surface area contributed by atoms with Gasteiger partial charge in [-0.2, -0.15) is 0 Å². The van der Waals surface area contributed by atoms with E-state index in [1.165, 1.54) is 6.92 Å². The Labute approximate surface area is 136 Å². The van der Waals surface area contributed by atoms with Crippen LogP contribution in [0.4, 0.5) is 0 Å². The molecule has 0 amide bonds. The minimum absolute atomic E-state index is 0.0414. The molecular formula is C16H17BrO5. The summed E-state index contributed by atoms with van der Waals surface area (Å²) >= 11 is 3.15. The van der Waals surface area contributed by atoms with Crippen molar-refractivity contribution in [2.75, 3.05) is 0 Å². The quantitative estimate of drug-likeness (QED) is 0.388. The van der Waals surface area contributed by atoms with E-state index in [1.807, 2.05) is 0 Å². The maximum absolute atomic E-state index is 10.4. The van der Waals surface area contributed by atoms with Crippen molar-refractivity contribution in [3.8, 4) is 39.9 Å². The molecule has 0 aliphatic heterocycles. The second-order valence-corrected chi connectivity index (χ2v) is 6.10. The van der Waals surface area contributed by atoms with E-state index in [2.05, 4.69) is 15.9 Å². The summed E-state index contributed by atoms with van der Waals surface area (Å²) in [5.74, 6) is -1.50. The molecule has 0 aliphatic rings. The van der Waals surface area contributed by atoms with Gasteiger partial charge in [-0.15, -0.1) is 0 Å². The molecule has 0 aromatic heterocycles. The highest BCUT2D eigenvalue weighted by molar-refractivity contribution is 9.10. The van der Waals surface area contributed by atoms with Crippen LogP contribution < -0.4 is 0 Å². The van der Waals surface area contributed by atoms with Gasteiger partial charge in [0.05, 0.1) is 10.0 Å². The highest BCUT2D eigenvalue weighted by Crippen LogP contribution is 2.54. The molecule has 118 valence electrons. The predicted molar refractivity (Wildman–Crippen MR) is 86.9 cm³/mol. The molecule has 5 N–H and O–H groups in total. The Kier molecular flexibility index (Phi) is 3.91. The number of phenolic OH excluding ortho intramolecular Hbond substituents is 5. The molecule has 6 heteroatoms. The van der Waals surface area contributed by atoms with Crippen LogP contribution in [0.1, 0.15) is 22.3 Å². The normalized spacial score (nSPS) is 11.0. The van der Waals surface area contributed by atoms with Crippen LogP contribution >= 0.6 is 15.9 Å². The Morgan fingerprint density at radius 3 is 1.55 bits per heavy atom. The molecule has 0 unspecified atom stereocenters. The summed E-state index contributed by atoms with van der Waals surface area (Å²) in [5, 5.41) is 51.1. The molecular weight excluding hydrogens is 352 g/mol. The van der Waals surface area contributed by atoms with Crippen LogP contribution in [0.3, 0.4) is 0 Å². The summed E-state index contributed by atoms with van der Waals surface area (Å²) < 4.78 is 0.203. The molecule has 0 radical (unpaired) electrons. The van der Waals surface area contributed by atoms with Crippen LogP contribution in [-0.2, 0) is 0 Å². The number of phenols is 5. The average molecular weight is 369 g/mol. The van der Waals surface area contributed by atoms with Crippen molar-refractivity contribution >= 4 is 15.9 Å². The summed E-state index contributed by atoms with van der Waals surface area (Å²) in [4.78, 5) is 0. The van der Waals surface area contributed by atoms with Crippen molar-refractivity contribution in [2.24, 2.45) is 0 Å². The van der Waals surface area contributed by atoms with E-state index in [0.29, 0.717) is 16.7 Å². The van der Waals surface area contributed by atoms with Gasteiger partial charge >= 0.3 is 0 Å². The zero-order valence-electron chi connectivity index (χ0n) is 12.6. The van der Waals surface area contributed by atoms with Gasteiger partial charge in [-0.3, -0.25) is 0 Å². The van der Waals surface area contributed by atoms with Crippen molar-refractivity contribution in [3.05, 3.63) is 26.7 Å². The molecule has 0 heterocycles. The SMILES string of the molecule is Cc1c(C)c(O)c(-c2c(O)c(O)c(C)c(Br)c2O)c(C)c1O. The third-order valence-corrected chi connectivity index (χ3v) is 5.05. The highest BCUT2D eigenvalue weighted by Gasteiger charge is 2.27. The van der Waals surface area contributed by atoms with Crippen LogP contribution in [0.2, 0.25) is 0 Å². The minimum atomic E-state index is -0.556. The van der Waals surface area contributed by atoms with E-state index in [4.69, 9.17) is 0 Å². The Morgan fingerprint density at radius 2 is 1.00 bits per heavy atom. The van der Waals surface area contributed by atoms with Gasteiger partial charge in [0.15, 0.2) is 11.5 Å². The number of aromatic hydroxyl groups is 5. The van der Waals surface area contributed by atoms with Crippen molar-refractivity contribution in [1.29, 1.82) is 0 Å². The van der Waals surface area contributed by atoms with Gasteiger partial charge in [0.1, 0.15) is 17.2 Å². The van der Waals surface area contributed by atoms with Gasteiger partial charge in [-0.1, -0.05) is 0 Å². The van der Waals surface area contributed by atoms with Crippen LogP contribution in [0, 0.1) is 27.7 Å². The fraction of sp³-hybridized carbons (Fsp3) is 0.250. The standard InChI is InChI=1S/C16H17BrO5/c1-5-6(2)13(19)9(7(3)12(5)18)10-15(21)11(17)8(4)14(20)16(10)22/h18-22H,1-4H3. The topological polar surface area (TPSA) is 101 Å². The van der Waals surface area contributed by atoms with Gasteiger partial charge in [0, 0.05) is 16.7 Å². The van der Waals surface area contributed by atoms with Crippen molar-refractivity contribution in [3.63, 3.8) is 0 Å². The molecule has 0 spiro atoms. The molecule has 0 saturated carbocycles. The molecule has 2 rings (SSSR count). The van der Waals surface area contributed by atoms with Gasteiger partial charge in [-0.05, 0) is 54.8 Å². The lowest BCUT2D eigenvalue weighted by Crippen LogP contribution is -1.95. The Bertz CT molecular complexity index is 671. The van der Waals surface area contributed by atoms with Crippen molar-refractivity contribution < 1.29 is 25.5 Å². The molecule has 2 aromatic carbocycles. The number of hydrogen-bond acceptors (Lipinski definition) is 5. The third kappa shape index (κ3) is 2.06. The lowest BCUT2D eigenvalue weighted by molar-refractivity contribution is 0.394. The summed E-state index contributed by atoms with van der Waals surface area (Å²) in [6, 6.07) is 0. The second-order valence-electron chi connectivity index (χ2n) is 5.31. The van der Waals surface area contributed by atoms with Crippen LogP contribution in [-0.4, -0.2) is 25.5 Å². The van der Waals surface area contributed by atoms with Gasteiger partial charge in [-0.25, -0.2) is 0 Å². The molecule has 0 fully saturated rings. The van der Waals surface area contributed by atoms with E-state index in [-0.39, 0.29) is 38.4 Å². The smallest absolute Gasteiger partial charge is 0.169 e. The highest BCUT2D eigenvalue weighted by atomic mass is 79.9. The Balaban J connectivity index is 3.03. The zero-order chi connectivity index (χ0) is 16.9. The molecule has 0 saturated heterocycles. The van der Waals surface area contributed by atoms with E-state index in [0.717, 1.165) is 0 Å². The minimum Gasteiger partial charge on any atom is -0.507 e. The molecule has 0 aliphatic carbocycles. The summed E-state index contributed by atoms with van der Waals surface area (Å²) in [5.41, 5.74) is 1.43. The van der Waals surface area contributed by atoms with Crippen molar-refractivity contribution in [1.82, 2.24) is 0 Å². The lowest BCUT2D eigenvalue weighted by atomic mass is 9.91. The Morgan fingerprint density at radius 1 is 0.500 bits per heavy atom. The maximum Gasteiger partial charge on any atom is 0.169 e. The molecule has 0 bridgehead atoms. The lowest BCUT2D eigenvalue weighted by Gasteiger charge is -2.19.